The zero-order valence-electron chi connectivity index (χ0n) is 8.12. The highest BCUT2D eigenvalue weighted by Gasteiger charge is 2.30. The maximum absolute atomic E-state index is 11.5. The van der Waals surface area contributed by atoms with Gasteiger partial charge in [0, 0.05) is 17.9 Å². The Kier molecular flexibility index (Phi) is 2.50. The molecule has 1 amide bonds. The summed E-state index contributed by atoms with van der Waals surface area (Å²) in [7, 11) is 0. The van der Waals surface area contributed by atoms with E-state index in [-0.39, 0.29) is 5.91 Å². The van der Waals surface area contributed by atoms with Gasteiger partial charge in [-0.05, 0) is 12.5 Å². The molecule has 1 aromatic rings. The molecular formula is C11H13NO2. The van der Waals surface area contributed by atoms with Crippen LogP contribution in [-0.2, 0) is 9.53 Å². The molecule has 14 heavy (non-hydrogen) atoms. The van der Waals surface area contributed by atoms with E-state index in [1.54, 1.807) is 0 Å². The third-order valence-corrected chi connectivity index (χ3v) is 2.23. The Labute approximate surface area is 83.1 Å². The van der Waals surface area contributed by atoms with Crippen LogP contribution >= 0.6 is 0 Å². The molecule has 3 heteroatoms. The first-order valence-corrected chi connectivity index (χ1v) is 4.84. The highest BCUT2D eigenvalue weighted by atomic mass is 16.5. The van der Waals surface area contributed by atoms with Gasteiger partial charge in [-0.15, -0.1) is 0 Å². The molecule has 0 aliphatic carbocycles. The molecule has 1 N–H and O–H groups in total. The fourth-order valence-electron chi connectivity index (χ4n) is 1.58. The summed E-state index contributed by atoms with van der Waals surface area (Å²) in [5.74, 6) is -0.0559. The van der Waals surface area contributed by atoms with Gasteiger partial charge in [-0.1, -0.05) is 25.1 Å². The van der Waals surface area contributed by atoms with Gasteiger partial charge in [-0.3, -0.25) is 4.79 Å². The van der Waals surface area contributed by atoms with Crippen molar-refractivity contribution in [3.05, 3.63) is 29.8 Å². The first kappa shape index (κ1) is 9.21. The van der Waals surface area contributed by atoms with Gasteiger partial charge in [0.1, 0.15) is 0 Å². The van der Waals surface area contributed by atoms with E-state index >= 15 is 0 Å². The molecule has 0 radical (unpaired) electrons. The number of carbonyl (C=O) groups excluding carboxylic acids is 1. The molecule has 1 aliphatic heterocycles. The summed E-state index contributed by atoms with van der Waals surface area (Å²) < 4.78 is 5.48. The lowest BCUT2D eigenvalue weighted by molar-refractivity contribution is -0.126. The third kappa shape index (κ3) is 1.51. The Morgan fingerprint density at radius 1 is 1.43 bits per heavy atom. The summed E-state index contributed by atoms with van der Waals surface area (Å²) in [4.78, 5) is 11.5. The first-order chi connectivity index (χ1) is 6.83. The van der Waals surface area contributed by atoms with E-state index in [4.69, 9.17) is 4.74 Å². The number of carbonyl (C=O) groups is 1. The number of rotatable bonds is 3. The number of hydrogen-bond acceptors (Lipinski definition) is 2. The number of anilines is 1. The fourth-order valence-corrected chi connectivity index (χ4v) is 1.58. The van der Waals surface area contributed by atoms with Crippen molar-refractivity contribution in [3.8, 4) is 0 Å². The molecular weight excluding hydrogens is 178 g/mol. The van der Waals surface area contributed by atoms with Gasteiger partial charge in [-0.2, -0.15) is 0 Å². The largest absolute Gasteiger partial charge is 0.364 e. The van der Waals surface area contributed by atoms with Crippen LogP contribution in [0.2, 0.25) is 0 Å². The molecule has 0 unspecified atom stereocenters. The molecule has 0 spiro atoms. The molecule has 0 aromatic heterocycles. The van der Waals surface area contributed by atoms with Crippen molar-refractivity contribution in [2.24, 2.45) is 0 Å². The topological polar surface area (TPSA) is 38.3 Å². The van der Waals surface area contributed by atoms with Gasteiger partial charge in [0.15, 0.2) is 6.10 Å². The van der Waals surface area contributed by atoms with Crippen LogP contribution in [0.3, 0.4) is 0 Å². The number of para-hydroxylation sites is 1. The summed E-state index contributed by atoms with van der Waals surface area (Å²) in [6.45, 7) is 2.64. The number of benzene rings is 1. The van der Waals surface area contributed by atoms with E-state index < -0.39 is 6.10 Å². The van der Waals surface area contributed by atoms with Gasteiger partial charge >= 0.3 is 0 Å². The van der Waals surface area contributed by atoms with E-state index in [1.807, 2.05) is 31.2 Å². The predicted octanol–water partition coefficient (Wildman–Crippen LogP) is 2.11. The molecule has 0 fully saturated rings. The van der Waals surface area contributed by atoms with E-state index in [1.165, 1.54) is 0 Å². The zero-order chi connectivity index (χ0) is 9.97. The normalized spacial score (nSPS) is 19.2. The van der Waals surface area contributed by atoms with Crippen LogP contribution in [-0.4, -0.2) is 12.5 Å². The summed E-state index contributed by atoms with van der Waals surface area (Å²) in [6, 6.07) is 7.64. The van der Waals surface area contributed by atoms with Crippen molar-refractivity contribution >= 4 is 11.6 Å². The lowest BCUT2D eigenvalue weighted by Gasteiger charge is -2.08. The van der Waals surface area contributed by atoms with Crippen molar-refractivity contribution in [1.29, 1.82) is 0 Å². The summed E-state index contributed by atoms with van der Waals surface area (Å²) in [6.07, 6.45) is 0.512. The quantitative estimate of drug-likeness (QED) is 0.794. The zero-order valence-corrected chi connectivity index (χ0v) is 8.12. The number of ether oxygens (including phenoxy) is 1. The van der Waals surface area contributed by atoms with Crippen molar-refractivity contribution in [3.63, 3.8) is 0 Å². The maximum atomic E-state index is 11.5. The van der Waals surface area contributed by atoms with Crippen LogP contribution in [0, 0.1) is 0 Å². The number of hydrogen-bond donors (Lipinski definition) is 1. The lowest BCUT2D eigenvalue weighted by Crippen LogP contribution is -2.15. The van der Waals surface area contributed by atoms with Crippen LogP contribution in [0.5, 0.6) is 0 Å². The van der Waals surface area contributed by atoms with E-state index in [2.05, 4.69) is 5.32 Å². The minimum Gasteiger partial charge on any atom is -0.364 e. The molecule has 74 valence electrons. The van der Waals surface area contributed by atoms with Crippen LogP contribution in [0.4, 0.5) is 5.69 Å². The van der Waals surface area contributed by atoms with Crippen LogP contribution in [0.15, 0.2) is 24.3 Å². The summed E-state index contributed by atoms with van der Waals surface area (Å²) >= 11 is 0. The molecule has 1 atom stereocenters. The molecule has 1 aliphatic rings. The predicted molar refractivity (Wildman–Crippen MR) is 54.1 cm³/mol. The van der Waals surface area contributed by atoms with E-state index in [0.717, 1.165) is 17.7 Å². The second-order valence-electron chi connectivity index (χ2n) is 3.33. The van der Waals surface area contributed by atoms with Crippen LogP contribution < -0.4 is 5.32 Å². The first-order valence-electron chi connectivity index (χ1n) is 4.84. The maximum Gasteiger partial charge on any atom is 0.258 e. The van der Waals surface area contributed by atoms with Gasteiger partial charge < -0.3 is 10.1 Å². The Bertz CT molecular complexity index is 349. The summed E-state index contributed by atoms with van der Waals surface area (Å²) in [5.41, 5.74) is 1.82. The Balaban J connectivity index is 2.21. The Morgan fingerprint density at radius 3 is 3.00 bits per heavy atom. The molecule has 0 bridgehead atoms. The molecule has 2 rings (SSSR count). The average molecular weight is 191 g/mol. The third-order valence-electron chi connectivity index (χ3n) is 2.23. The SMILES string of the molecule is CCCO[C@H]1C(=O)Nc2ccccc21. The van der Waals surface area contributed by atoms with E-state index in [9.17, 15) is 4.79 Å². The van der Waals surface area contributed by atoms with Gasteiger partial charge in [0.2, 0.25) is 0 Å². The Hall–Kier alpha value is -1.35. The number of fused-ring (bicyclic) bond motifs is 1. The van der Waals surface area contributed by atoms with Crippen molar-refractivity contribution < 1.29 is 9.53 Å². The van der Waals surface area contributed by atoms with Gasteiger partial charge in [-0.25, -0.2) is 0 Å². The molecule has 0 saturated heterocycles. The molecule has 0 saturated carbocycles. The lowest BCUT2D eigenvalue weighted by atomic mass is 10.1. The highest BCUT2D eigenvalue weighted by molar-refractivity contribution is 6.01. The number of amides is 1. The van der Waals surface area contributed by atoms with Crippen molar-refractivity contribution in [1.82, 2.24) is 0 Å². The Morgan fingerprint density at radius 2 is 2.21 bits per heavy atom. The second-order valence-corrected chi connectivity index (χ2v) is 3.33. The number of nitrogens with one attached hydrogen (secondary N) is 1. The van der Waals surface area contributed by atoms with Crippen LogP contribution in [0.25, 0.3) is 0 Å². The minimum absolute atomic E-state index is 0.0559. The molecule has 3 nitrogen and oxygen atoms in total. The fraction of sp³-hybridized carbons (Fsp3) is 0.364. The average Bonchev–Trinajstić information content (AvgIpc) is 2.51. The van der Waals surface area contributed by atoms with Gasteiger partial charge in [0.05, 0.1) is 0 Å². The van der Waals surface area contributed by atoms with Gasteiger partial charge in [0.25, 0.3) is 5.91 Å². The summed E-state index contributed by atoms with van der Waals surface area (Å²) in [5, 5.41) is 2.79. The minimum atomic E-state index is -0.411. The van der Waals surface area contributed by atoms with Crippen LogP contribution in [0.1, 0.15) is 25.0 Å². The van der Waals surface area contributed by atoms with Crippen molar-refractivity contribution in [2.75, 3.05) is 11.9 Å². The smallest absolute Gasteiger partial charge is 0.258 e. The van der Waals surface area contributed by atoms with E-state index in [0.29, 0.717) is 6.61 Å². The van der Waals surface area contributed by atoms with Crippen molar-refractivity contribution in [2.45, 2.75) is 19.4 Å². The molecule has 1 aromatic carbocycles. The highest BCUT2D eigenvalue weighted by Crippen LogP contribution is 2.32. The monoisotopic (exact) mass is 191 g/mol. The standard InChI is InChI=1S/C11H13NO2/c1-2-7-14-10-8-5-3-4-6-9(8)12-11(10)13/h3-6,10H,2,7H2,1H3,(H,12,13)/t10-/m1/s1. The second kappa shape index (κ2) is 3.80. The molecule has 1 heterocycles.